The molecule has 1 aliphatic heterocycles. The molecule has 1 unspecified atom stereocenters. The number of amides is 1. The summed E-state index contributed by atoms with van der Waals surface area (Å²) in [6, 6.07) is 8.26. The largest absolute Gasteiger partial charge is 0.484 e. The molecule has 124 valence electrons. The first-order valence-corrected chi connectivity index (χ1v) is 9.40. The van der Waals surface area contributed by atoms with E-state index in [2.05, 4.69) is 0 Å². The zero-order chi connectivity index (χ0) is 16.9. The summed E-state index contributed by atoms with van der Waals surface area (Å²) in [4.78, 5) is 14.0. The third-order valence-corrected chi connectivity index (χ3v) is 5.53. The number of carbonyl (C=O) groups is 1. The molecule has 23 heavy (non-hydrogen) atoms. The summed E-state index contributed by atoms with van der Waals surface area (Å²) in [5.74, 6) is 0.475. The number of sulfone groups is 1. The van der Waals surface area contributed by atoms with E-state index in [0.29, 0.717) is 24.3 Å². The molecule has 7 heteroatoms. The molecule has 1 heterocycles. The van der Waals surface area contributed by atoms with Crippen LogP contribution in [-0.2, 0) is 14.6 Å². The van der Waals surface area contributed by atoms with Gasteiger partial charge in [0.15, 0.2) is 16.4 Å². The van der Waals surface area contributed by atoms with Crippen LogP contribution in [0.1, 0.15) is 25.3 Å². The molecule has 1 amide bonds. The highest BCUT2D eigenvalue weighted by Crippen LogP contribution is 2.19. The fourth-order valence-electron chi connectivity index (χ4n) is 2.63. The minimum absolute atomic E-state index is 0.0373. The fraction of sp³-hybridized carbons (Fsp3) is 0.500. The van der Waals surface area contributed by atoms with E-state index >= 15 is 0 Å². The van der Waals surface area contributed by atoms with Crippen molar-refractivity contribution in [2.75, 3.05) is 24.7 Å². The van der Waals surface area contributed by atoms with Crippen molar-refractivity contribution >= 4 is 15.7 Å². The van der Waals surface area contributed by atoms with Gasteiger partial charge in [0.25, 0.3) is 5.91 Å². The smallest absolute Gasteiger partial charge is 0.260 e. The maximum atomic E-state index is 12.4. The zero-order valence-corrected chi connectivity index (χ0v) is 13.9. The summed E-state index contributed by atoms with van der Waals surface area (Å²) in [5.41, 5.74) is 0.521. The van der Waals surface area contributed by atoms with Crippen molar-refractivity contribution in [2.45, 2.75) is 25.8 Å². The molecular weight excluding hydrogens is 316 g/mol. The van der Waals surface area contributed by atoms with Crippen molar-refractivity contribution < 1.29 is 17.9 Å². The third-order valence-electron chi connectivity index (χ3n) is 3.78. The second kappa shape index (κ2) is 7.47. The second-order valence-corrected chi connectivity index (χ2v) is 7.80. The highest BCUT2D eigenvalue weighted by molar-refractivity contribution is 7.91. The lowest BCUT2D eigenvalue weighted by molar-refractivity contribution is -0.135. The normalized spacial score (nSPS) is 19.0. The van der Waals surface area contributed by atoms with Gasteiger partial charge in [0, 0.05) is 12.6 Å². The van der Waals surface area contributed by atoms with Crippen LogP contribution in [0.15, 0.2) is 24.3 Å². The van der Waals surface area contributed by atoms with E-state index in [1.807, 2.05) is 13.0 Å². The Balaban J connectivity index is 1.96. The molecule has 1 saturated heterocycles. The lowest BCUT2D eigenvalue weighted by atomic mass is 10.2. The summed E-state index contributed by atoms with van der Waals surface area (Å²) in [6.07, 6.45) is 1.25. The first-order chi connectivity index (χ1) is 10.9. The third kappa shape index (κ3) is 4.70. The second-order valence-electron chi connectivity index (χ2n) is 5.57. The molecule has 1 aromatic carbocycles. The van der Waals surface area contributed by atoms with E-state index in [0.717, 1.165) is 6.42 Å². The van der Waals surface area contributed by atoms with Crippen molar-refractivity contribution in [3.05, 3.63) is 29.8 Å². The van der Waals surface area contributed by atoms with Gasteiger partial charge in [0.05, 0.1) is 23.1 Å². The number of rotatable bonds is 6. The lowest BCUT2D eigenvalue weighted by Gasteiger charge is -2.27. The maximum absolute atomic E-state index is 12.4. The maximum Gasteiger partial charge on any atom is 0.260 e. The van der Waals surface area contributed by atoms with Crippen molar-refractivity contribution in [3.8, 4) is 11.8 Å². The molecule has 1 aromatic rings. The Bertz CT molecular complexity index is 692. The molecular formula is C16H20N2O4S. The van der Waals surface area contributed by atoms with Gasteiger partial charge in [-0.1, -0.05) is 6.92 Å². The quantitative estimate of drug-likeness (QED) is 0.783. The predicted molar refractivity (Wildman–Crippen MR) is 85.7 cm³/mol. The Kier molecular flexibility index (Phi) is 5.61. The number of nitrogens with zero attached hydrogens (tertiary/aromatic N) is 2. The van der Waals surface area contributed by atoms with Crippen LogP contribution >= 0.6 is 0 Å². The van der Waals surface area contributed by atoms with E-state index in [9.17, 15) is 13.2 Å². The van der Waals surface area contributed by atoms with Crippen LogP contribution in [0.3, 0.4) is 0 Å². The standard InChI is InChI=1S/C16H20N2O4S/c1-2-8-18(14-7-9-23(20,21)12-14)16(19)11-22-15-5-3-13(10-17)4-6-15/h3-6,14H,2,7-9,11-12H2,1H3. The number of carbonyl (C=O) groups excluding carboxylic acids is 1. The molecule has 6 nitrogen and oxygen atoms in total. The Hall–Kier alpha value is -2.07. The van der Waals surface area contributed by atoms with E-state index in [-0.39, 0.29) is 30.1 Å². The van der Waals surface area contributed by atoms with Gasteiger partial charge in [0.2, 0.25) is 0 Å². The molecule has 0 spiro atoms. The molecule has 0 N–H and O–H groups in total. The summed E-state index contributed by atoms with van der Waals surface area (Å²) in [7, 11) is -3.03. The minimum Gasteiger partial charge on any atom is -0.484 e. The monoisotopic (exact) mass is 336 g/mol. The molecule has 1 aliphatic rings. The average Bonchev–Trinajstić information content (AvgIpc) is 2.90. The van der Waals surface area contributed by atoms with E-state index in [1.54, 1.807) is 29.2 Å². The van der Waals surface area contributed by atoms with Crippen LogP contribution in [0.25, 0.3) is 0 Å². The van der Waals surface area contributed by atoms with Gasteiger partial charge in [-0.25, -0.2) is 8.42 Å². The molecule has 0 aromatic heterocycles. The van der Waals surface area contributed by atoms with Gasteiger partial charge in [-0.2, -0.15) is 5.26 Å². The van der Waals surface area contributed by atoms with Gasteiger partial charge in [-0.05, 0) is 37.1 Å². The van der Waals surface area contributed by atoms with Crippen LogP contribution in [0.2, 0.25) is 0 Å². The predicted octanol–water partition coefficient (Wildman–Crippen LogP) is 1.36. The Labute approximate surface area is 136 Å². The highest BCUT2D eigenvalue weighted by atomic mass is 32.2. The van der Waals surface area contributed by atoms with Crippen molar-refractivity contribution in [2.24, 2.45) is 0 Å². The summed E-state index contributed by atoms with van der Waals surface area (Å²) in [5, 5.41) is 8.74. The number of benzene rings is 1. The van der Waals surface area contributed by atoms with E-state index in [4.69, 9.17) is 10.00 Å². The average molecular weight is 336 g/mol. The summed E-state index contributed by atoms with van der Waals surface area (Å²) in [6.45, 7) is 2.34. The lowest BCUT2D eigenvalue weighted by Crippen LogP contribution is -2.44. The molecule has 2 rings (SSSR count). The number of ether oxygens (including phenoxy) is 1. The molecule has 0 bridgehead atoms. The topological polar surface area (TPSA) is 87.5 Å². The van der Waals surface area contributed by atoms with Gasteiger partial charge in [0.1, 0.15) is 5.75 Å². The van der Waals surface area contributed by atoms with Crippen LogP contribution < -0.4 is 4.74 Å². The van der Waals surface area contributed by atoms with Gasteiger partial charge in [-0.3, -0.25) is 4.79 Å². The highest BCUT2D eigenvalue weighted by Gasteiger charge is 2.34. The fourth-order valence-corrected chi connectivity index (χ4v) is 4.36. The Morgan fingerprint density at radius 3 is 2.61 bits per heavy atom. The molecule has 1 fully saturated rings. The first kappa shape index (κ1) is 17.3. The van der Waals surface area contributed by atoms with E-state index < -0.39 is 9.84 Å². The molecule has 0 radical (unpaired) electrons. The van der Waals surface area contributed by atoms with Gasteiger partial charge >= 0.3 is 0 Å². The summed E-state index contributed by atoms with van der Waals surface area (Å²) >= 11 is 0. The summed E-state index contributed by atoms with van der Waals surface area (Å²) < 4.78 is 28.7. The first-order valence-electron chi connectivity index (χ1n) is 7.58. The van der Waals surface area contributed by atoms with Crippen molar-refractivity contribution in [3.63, 3.8) is 0 Å². The number of hydrogen-bond acceptors (Lipinski definition) is 5. The van der Waals surface area contributed by atoms with Crippen LogP contribution in [-0.4, -0.2) is 49.9 Å². The minimum atomic E-state index is -3.03. The molecule has 0 aliphatic carbocycles. The van der Waals surface area contributed by atoms with Crippen molar-refractivity contribution in [1.82, 2.24) is 4.90 Å². The number of hydrogen-bond donors (Lipinski definition) is 0. The SMILES string of the molecule is CCCN(C(=O)COc1ccc(C#N)cc1)C1CCS(=O)(=O)C1. The molecule has 1 atom stereocenters. The van der Waals surface area contributed by atoms with Gasteiger partial charge < -0.3 is 9.64 Å². The van der Waals surface area contributed by atoms with Gasteiger partial charge in [-0.15, -0.1) is 0 Å². The number of nitriles is 1. The zero-order valence-electron chi connectivity index (χ0n) is 13.1. The van der Waals surface area contributed by atoms with Crippen LogP contribution in [0.5, 0.6) is 5.75 Å². The molecule has 0 saturated carbocycles. The van der Waals surface area contributed by atoms with Crippen molar-refractivity contribution in [1.29, 1.82) is 5.26 Å². The van der Waals surface area contributed by atoms with E-state index in [1.165, 1.54) is 0 Å². The van der Waals surface area contributed by atoms with Crippen LogP contribution in [0, 0.1) is 11.3 Å². The van der Waals surface area contributed by atoms with Crippen LogP contribution in [0.4, 0.5) is 0 Å². The Morgan fingerprint density at radius 2 is 2.09 bits per heavy atom. The Morgan fingerprint density at radius 1 is 1.39 bits per heavy atom.